The second-order valence-electron chi connectivity index (χ2n) is 5.28. The van der Waals surface area contributed by atoms with Crippen LogP contribution in [-0.4, -0.2) is 13.1 Å². The summed E-state index contributed by atoms with van der Waals surface area (Å²) < 4.78 is 13.3. The third-order valence-corrected chi connectivity index (χ3v) is 3.38. The first-order chi connectivity index (χ1) is 8.52. The number of rotatable bonds is 7. The molecule has 1 rings (SSSR count). The van der Waals surface area contributed by atoms with Crippen molar-refractivity contribution in [1.82, 2.24) is 5.32 Å². The molecule has 18 heavy (non-hydrogen) atoms. The van der Waals surface area contributed by atoms with Crippen LogP contribution in [0.4, 0.5) is 4.39 Å². The molecule has 0 aliphatic rings. The van der Waals surface area contributed by atoms with E-state index < -0.39 is 0 Å². The van der Waals surface area contributed by atoms with Crippen molar-refractivity contribution >= 4 is 11.6 Å². The van der Waals surface area contributed by atoms with Crippen LogP contribution in [0.1, 0.15) is 32.8 Å². The van der Waals surface area contributed by atoms with Gasteiger partial charge in [-0.3, -0.25) is 0 Å². The van der Waals surface area contributed by atoms with E-state index in [1.165, 1.54) is 0 Å². The maximum absolute atomic E-state index is 13.3. The molecule has 1 atom stereocenters. The van der Waals surface area contributed by atoms with Gasteiger partial charge in [0.25, 0.3) is 0 Å². The molecule has 0 aliphatic carbocycles. The largest absolute Gasteiger partial charge is 0.316 e. The van der Waals surface area contributed by atoms with E-state index >= 15 is 0 Å². The standard InChI is InChI=1S/C15H23ClFN/c1-4-12(10-18-9-11(2)3)7-13-5-6-14(16)15(17)8-13/h5-6,8,11-12,18H,4,7,9-10H2,1-3H3. The number of hydrogen-bond acceptors (Lipinski definition) is 1. The van der Waals surface area contributed by atoms with E-state index in [9.17, 15) is 4.39 Å². The molecule has 0 saturated heterocycles. The van der Waals surface area contributed by atoms with Gasteiger partial charge in [0, 0.05) is 0 Å². The molecule has 0 fully saturated rings. The van der Waals surface area contributed by atoms with Crippen molar-refractivity contribution in [2.75, 3.05) is 13.1 Å². The van der Waals surface area contributed by atoms with E-state index in [4.69, 9.17) is 11.6 Å². The normalized spacial score (nSPS) is 13.0. The molecule has 1 nitrogen and oxygen atoms in total. The van der Waals surface area contributed by atoms with E-state index in [1.54, 1.807) is 12.1 Å². The van der Waals surface area contributed by atoms with Gasteiger partial charge in [0.15, 0.2) is 0 Å². The monoisotopic (exact) mass is 271 g/mol. The van der Waals surface area contributed by atoms with Crippen LogP contribution in [0.3, 0.4) is 0 Å². The molecule has 0 spiro atoms. The zero-order chi connectivity index (χ0) is 13.5. The first-order valence-electron chi connectivity index (χ1n) is 6.67. The highest BCUT2D eigenvalue weighted by molar-refractivity contribution is 6.30. The predicted molar refractivity (Wildman–Crippen MR) is 76.6 cm³/mol. The highest BCUT2D eigenvalue weighted by Gasteiger charge is 2.09. The van der Waals surface area contributed by atoms with Gasteiger partial charge < -0.3 is 5.32 Å². The van der Waals surface area contributed by atoms with Crippen molar-refractivity contribution in [2.45, 2.75) is 33.6 Å². The number of nitrogens with one attached hydrogen (secondary N) is 1. The molecule has 0 radical (unpaired) electrons. The van der Waals surface area contributed by atoms with Crippen LogP contribution in [0.25, 0.3) is 0 Å². The Balaban J connectivity index is 2.49. The molecule has 1 unspecified atom stereocenters. The fraction of sp³-hybridized carbons (Fsp3) is 0.600. The molecule has 1 aromatic carbocycles. The molecule has 0 aromatic heterocycles. The van der Waals surface area contributed by atoms with Crippen molar-refractivity contribution in [3.05, 3.63) is 34.6 Å². The molecule has 0 bridgehead atoms. The minimum absolute atomic E-state index is 0.199. The number of hydrogen-bond donors (Lipinski definition) is 1. The Morgan fingerprint density at radius 1 is 1.28 bits per heavy atom. The van der Waals surface area contributed by atoms with E-state index in [2.05, 4.69) is 26.1 Å². The molecule has 102 valence electrons. The van der Waals surface area contributed by atoms with Crippen LogP contribution in [0.15, 0.2) is 18.2 Å². The SMILES string of the molecule is CCC(CNCC(C)C)Cc1ccc(Cl)c(F)c1. The van der Waals surface area contributed by atoms with Gasteiger partial charge in [-0.25, -0.2) is 4.39 Å². The highest BCUT2D eigenvalue weighted by Crippen LogP contribution is 2.18. The second kappa shape index (κ2) is 7.75. The lowest BCUT2D eigenvalue weighted by molar-refractivity contribution is 0.437. The summed E-state index contributed by atoms with van der Waals surface area (Å²) in [6.07, 6.45) is 1.99. The van der Waals surface area contributed by atoms with Gasteiger partial charge in [-0.15, -0.1) is 0 Å². The number of halogens is 2. The van der Waals surface area contributed by atoms with Gasteiger partial charge >= 0.3 is 0 Å². The first kappa shape index (κ1) is 15.5. The van der Waals surface area contributed by atoms with Crippen LogP contribution >= 0.6 is 11.6 Å². The molecule has 0 amide bonds. The summed E-state index contributed by atoms with van der Waals surface area (Å²) >= 11 is 5.68. The zero-order valence-electron chi connectivity index (χ0n) is 11.5. The second-order valence-corrected chi connectivity index (χ2v) is 5.69. The summed E-state index contributed by atoms with van der Waals surface area (Å²) in [5, 5.41) is 3.66. The van der Waals surface area contributed by atoms with Gasteiger partial charge in [-0.1, -0.05) is 44.9 Å². The Hall–Kier alpha value is -0.600. The van der Waals surface area contributed by atoms with Crippen LogP contribution in [0.5, 0.6) is 0 Å². The Bertz CT molecular complexity index is 366. The van der Waals surface area contributed by atoms with Crippen LogP contribution in [-0.2, 0) is 6.42 Å². The molecule has 0 aliphatic heterocycles. The van der Waals surface area contributed by atoms with Gasteiger partial charge in [-0.2, -0.15) is 0 Å². The lowest BCUT2D eigenvalue weighted by Gasteiger charge is -2.17. The number of benzene rings is 1. The average Bonchev–Trinajstić information content (AvgIpc) is 2.32. The summed E-state index contributed by atoms with van der Waals surface area (Å²) in [6.45, 7) is 8.59. The van der Waals surface area contributed by atoms with Crippen molar-refractivity contribution in [3.8, 4) is 0 Å². The smallest absolute Gasteiger partial charge is 0.142 e. The third-order valence-electron chi connectivity index (χ3n) is 3.07. The Morgan fingerprint density at radius 3 is 2.56 bits per heavy atom. The van der Waals surface area contributed by atoms with E-state index in [0.717, 1.165) is 31.5 Å². The summed E-state index contributed by atoms with van der Waals surface area (Å²) in [7, 11) is 0. The minimum Gasteiger partial charge on any atom is -0.316 e. The van der Waals surface area contributed by atoms with Crippen molar-refractivity contribution in [3.63, 3.8) is 0 Å². The van der Waals surface area contributed by atoms with E-state index in [0.29, 0.717) is 11.8 Å². The summed E-state index contributed by atoms with van der Waals surface area (Å²) in [5.74, 6) is 0.888. The maximum Gasteiger partial charge on any atom is 0.142 e. The lowest BCUT2D eigenvalue weighted by Crippen LogP contribution is -2.27. The lowest BCUT2D eigenvalue weighted by atomic mass is 9.96. The maximum atomic E-state index is 13.3. The quantitative estimate of drug-likeness (QED) is 0.780. The van der Waals surface area contributed by atoms with Crippen molar-refractivity contribution < 1.29 is 4.39 Å². The summed E-state index contributed by atoms with van der Waals surface area (Å²) in [4.78, 5) is 0. The Labute approximate surface area is 115 Å². The molecular formula is C15H23ClFN. The van der Waals surface area contributed by atoms with Crippen LogP contribution < -0.4 is 5.32 Å². The molecule has 3 heteroatoms. The molecule has 1 N–H and O–H groups in total. The predicted octanol–water partition coefficient (Wildman–Crippen LogP) is 4.29. The highest BCUT2D eigenvalue weighted by atomic mass is 35.5. The average molecular weight is 272 g/mol. The van der Waals surface area contributed by atoms with Gasteiger partial charge in [0.1, 0.15) is 5.82 Å². The van der Waals surface area contributed by atoms with Crippen LogP contribution in [0.2, 0.25) is 5.02 Å². The van der Waals surface area contributed by atoms with Gasteiger partial charge in [0.05, 0.1) is 5.02 Å². The topological polar surface area (TPSA) is 12.0 Å². The molecule has 0 heterocycles. The van der Waals surface area contributed by atoms with Crippen LogP contribution in [0, 0.1) is 17.7 Å². The molecular weight excluding hydrogens is 249 g/mol. The summed E-state index contributed by atoms with van der Waals surface area (Å²) in [5.41, 5.74) is 1.02. The van der Waals surface area contributed by atoms with E-state index in [-0.39, 0.29) is 10.8 Å². The fourth-order valence-electron chi connectivity index (χ4n) is 1.94. The van der Waals surface area contributed by atoms with E-state index in [1.807, 2.05) is 6.07 Å². The minimum atomic E-state index is -0.320. The first-order valence-corrected chi connectivity index (χ1v) is 7.05. The third kappa shape index (κ3) is 5.36. The Morgan fingerprint density at radius 2 is 2.00 bits per heavy atom. The van der Waals surface area contributed by atoms with Crippen molar-refractivity contribution in [2.24, 2.45) is 11.8 Å². The molecule has 0 saturated carbocycles. The molecule has 1 aromatic rings. The zero-order valence-corrected chi connectivity index (χ0v) is 12.2. The summed E-state index contributed by atoms with van der Waals surface area (Å²) in [6, 6.07) is 5.10. The fourth-order valence-corrected chi connectivity index (χ4v) is 2.05. The van der Waals surface area contributed by atoms with Gasteiger partial charge in [-0.05, 0) is 49.0 Å². The Kier molecular flexibility index (Phi) is 6.66. The van der Waals surface area contributed by atoms with Crippen molar-refractivity contribution in [1.29, 1.82) is 0 Å². The van der Waals surface area contributed by atoms with Gasteiger partial charge in [0.2, 0.25) is 0 Å².